The first kappa shape index (κ1) is 12.8. The molecule has 18 heavy (non-hydrogen) atoms. The van der Waals surface area contributed by atoms with E-state index in [-0.39, 0.29) is 10.9 Å². The number of sulfone groups is 1. The Morgan fingerprint density at radius 1 is 1.39 bits per heavy atom. The summed E-state index contributed by atoms with van der Waals surface area (Å²) in [4.78, 5) is 4.29. The van der Waals surface area contributed by atoms with Gasteiger partial charge in [-0.1, -0.05) is 12.1 Å². The van der Waals surface area contributed by atoms with Crippen LogP contribution in [0.15, 0.2) is 39.8 Å². The van der Waals surface area contributed by atoms with Crippen molar-refractivity contribution in [2.75, 3.05) is 6.26 Å². The summed E-state index contributed by atoms with van der Waals surface area (Å²) >= 11 is 0. The quantitative estimate of drug-likeness (QED) is 0.914. The van der Waals surface area contributed by atoms with Crippen molar-refractivity contribution in [2.24, 2.45) is 5.73 Å². The van der Waals surface area contributed by atoms with Crippen molar-refractivity contribution in [1.82, 2.24) is 4.98 Å². The Morgan fingerprint density at radius 2 is 2.11 bits per heavy atom. The highest BCUT2D eigenvalue weighted by atomic mass is 32.2. The maximum atomic E-state index is 11.5. The third-order valence-electron chi connectivity index (χ3n) is 2.46. The van der Waals surface area contributed by atoms with Crippen LogP contribution in [0.4, 0.5) is 0 Å². The first-order valence-electron chi connectivity index (χ1n) is 5.40. The van der Waals surface area contributed by atoms with Crippen LogP contribution in [0.2, 0.25) is 0 Å². The fourth-order valence-electron chi connectivity index (χ4n) is 1.51. The maximum Gasteiger partial charge on any atom is 0.211 e. The lowest BCUT2D eigenvalue weighted by molar-refractivity contribution is 0.473. The Bertz CT molecular complexity index is 659. The monoisotopic (exact) mass is 266 g/mol. The molecule has 5 nitrogen and oxygen atoms in total. The number of aromatic nitrogens is 1. The Balaban J connectivity index is 2.45. The lowest BCUT2D eigenvalue weighted by atomic mass is 10.2. The zero-order valence-corrected chi connectivity index (χ0v) is 10.9. The first-order chi connectivity index (χ1) is 8.38. The van der Waals surface area contributed by atoms with Gasteiger partial charge in [0, 0.05) is 11.8 Å². The van der Waals surface area contributed by atoms with E-state index >= 15 is 0 Å². The molecule has 6 heteroatoms. The van der Waals surface area contributed by atoms with Gasteiger partial charge < -0.3 is 10.2 Å². The van der Waals surface area contributed by atoms with Gasteiger partial charge in [-0.05, 0) is 19.1 Å². The lowest BCUT2D eigenvalue weighted by Gasteiger charge is -2.01. The molecule has 1 aromatic carbocycles. The van der Waals surface area contributed by atoms with Crippen LogP contribution in [-0.4, -0.2) is 19.7 Å². The molecule has 0 aliphatic heterocycles. The van der Waals surface area contributed by atoms with Crippen LogP contribution in [0.1, 0.15) is 18.9 Å². The van der Waals surface area contributed by atoms with Gasteiger partial charge in [-0.3, -0.25) is 0 Å². The molecular formula is C12H14N2O3S. The van der Waals surface area contributed by atoms with E-state index in [9.17, 15) is 8.42 Å². The average Bonchev–Trinajstić information content (AvgIpc) is 2.77. The molecule has 0 saturated heterocycles. The maximum absolute atomic E-state index is 11.5. The predicted octanol–water partition coefficient (Wildman–Crippen LogP) is 1.76. The van der Waals surface area contributed by atoms with Crippen LogP contribution >= 0.6 is 0 Å². The molecule has 0 saturated carbocycles. The zero-order valence-electron chi connectivity index (χ0n) is 10.1. The highest BCUT2D eigenvalue weighted by molar-refractivity contribution is 7.90. The molecule has 2 rings (SSSR count). The number of benzene rings is 1. The second kappa shape index (κ2) is 4.55. The largest absolute Gasteiger partial charge is 0.439 e. The van der Waals surface area contributed by atoms with Crippen molar-refractivity contribution in [1.29, 1.82) is 0 Å². The van der Waals surface area contributed by atoms with Gasteiger partial charge in [-0.2, -0.15) is 0 Å². The van der Waals surface area contributed by atoms with Crippen molar-refractivity contribution in [3.63, 3.8) is 0 Å². The molecule has 0 aliphatic rings. The summed E-state index contributed by atoms with van der Waals surface area (Å²) in [5.74, 6) is 0.933. The molecule has 1 heterocycles. The van der Waals surface area contributed by atoms with Crippen molar-refractivity contribution in [3.05, 3.63) is 36.4 Å². The number of oxazole rings is 1. The highest BCUT2D eigenvalue weighted by Gasteiger charge is 2.12. The minimum absolute atomic E-state index is 0.249. The van der Waals surface area contributed by atoms with Gasteiger partial charge >= 0.3 is 0 Å². The SMILES string of the molecule is CC(N)c1ncc(-c2cccc(S(C)(=O)=O)c2)o1. The molecule has 0 bridgehead atoms. The number of nitrogens with two attached hydrogens (primary N) is 1. The van der Waals surface area contributed by atoms with Crippen LogP contribution in [-0.2, 0) is 9.84 Å². The van der Waals surface area contributed by atoms with Gasteiger partial charge in [0.1, 0.15) is 0 Å². The summed E-state index contributed by atoms with van der Waals surface area (Å²) in [6.07, 6.45) is 2.71. The molecule has 0 fully saturated rings. The molecule has 1 unspecified atom stereocenters. The van der Waals surface area contributed by atoms with E-state index in [1.807, 2.05) is 0 Å². The average molecular weight is 266 g/mol. The number of nitrogens with zero attached hydrogens (tertiary/aromatic N) is 1. The summed E-state index contributed by atoms with van der Waals surface area (Å²) < 4.78 is 28.4. The summed E-state index contributed by atoms with van der Waals surface area (Å²) in [5, 5.41) is 0. The van der Waals surface area contributed by atoms with Gasteiger partial charge in [-0.15, -0.1) is 0 Å². The normalized spacial score (nSPS) is 13.5. The van der Waals surface area contributed by atoms with Crippen molar-refractivity contribution in [3.8, 4) is 11.3 Å². The van der Waals surface area contributed by atoms with Gasteiger partial charge in [0.2, 0.25) is 5.89 Å². The van der Waals surface area contributed by atoms with Gasteiger partial charge in [0.25, 0.3) is 0 Å². The van der Waals surface area contributed by atoms with Crippen LogP contribution in [0.3, 0.4) is 0 Å². The van der Waals surface area contributed by atoms with E-state index in [2.05, 4.69) is 4.98 Å². The van der Waals surface area contributed by atoms with E-state index in [0.29, 0.717) is 17.2 Å². The molecule has 2 N–H and O–H groups in total. The molecule has 1 aromatic heterocycles. The van der Waals surface area contributed by atoms with E-state index < -0.39 is 9.84 Å². The minimum Gasteiger partial charge on any atom is -0.439 e. The number of rotatable bonds is 3. The Hall–Kier alpha value is -1.66. The van der Waals surface area contributed by atoms with Crippen LogP contribution in [0.5, 0.6) is 0 Å². The molecule has 2 aromatic rings. The van der Waals surface area contributed by atoms with Gasteiger partial charge in [0.05, 0.1) is 17.1 Å². The fraction of sp³-hybridized carbons (Fsp3) is 0.250. The number of hydrogen-bond acceptors (Lipinski definition) is 5. The second-order valence-electron chi connectivity index (χ2n) is 4.15. The molecule has 0 aliphatic carbocycles. The van der Waals surface area contributed by atoms with Crippen LogP contribution in [0, 0.1) is 0 Å². The Morgan fingerprint density at radius 3 is 2.67 bits per heavy atom. The molecule has 1 atom stereocenters. The number of hydrogen-bond donors (Lipinski definition) is 1. The highest BCUT2D eigenvalue weighted by Crippen LogP contribution is 2.24. The summed E-state index contributed by atoms with van der Waals surface area (Å²) in [6.45, 7) is 1.77. The Kier molecular flexibility index (Phi) is 3.23. The molecule has 0 amide bonds. The molecule has 0 radical (unpaired) electrons. The first-order valence-corrected chi connectivity index (χ1v) is 7.29. The Labute approximate surface area is 106 Å². The van der Waals surface area contributed by atoms with Crippen LogP contribution < -0.4 is 5.73 Å². The summed E-state index contributed by atoms with van der Waals surface area (Å²) in [7, 11) is -3.23. The molecular weight excluding hydrogens is 252 g/mol. The smallest absolute Gasteiger partial charge is 0.211 e. The topological polar surface area (TPSA) is 86.2 Å². The third-order valence-corrected chi connectivity index (χ3v) is 3.57. The predicted molar refractivity (Wildman–Crippen MR) is 67.7 cm³/mol. The van der Waals surface area contributed by atoms with E-state index in [1.165, 1.54) is 6.26 Å². The zero-order chi connectivity index (χ0) is 13.3. The third kappa shape index (κ3) is 2.60. The van der Waals surface area contributed by atoms with E-state index in [1.54, 1.807) is 37.4 Å². The molecule has 96 valence electrons. The van der Waals surface area contributed by atoms with Crippen molar-refractivity contribution < 1.29 is 12.8 Å². The summed E-state index contributed by atoms with van der Waals surface area (Å²) in [5.41, 5.74) is 6.32. The van der Waals surface area contributed by atoms with Crippen LogP contribution in [0.25, 0.3) is 11.3 Å². The standard InChI is InChI=1S/C12H14N2O3S/c1-8(13)12-14-7-11(17-12)9-4-3-5-10(6-9)18(2,15)16/h3-8H,13H2,1-2H3. The lowest BCUT2D eigenvalue weighted by Crippen LogP contribution is -2.04. The van der Waals surface area contributed by atoms with Gasteiger partial charge in [-0.25, -0.2) is 13.4 Å². The van der Waals surface area contributed by atoms with Crippen molar-refractivity contribution in [2.45, 2.75) is 17.9 Å². The van der Waals surface area contributed by atoms with E-state index in [4.69, 9.17) is 10.2 Å². The summed E-state index contributed by atoms with van der Waals surface area (Å²) in [6, 6.07) is 6.24. The van der Waals surface area contributed by atoms with Crippen molar-refractivity contribution >= 4 is 9.84 Å². The van der Waals surface area contributed by atoms with E-state index in [0.717, 1.165) is 0 Å². The molecule has 0 spiro atoms. The minimum atomic E-state index is -3.23. The fourth-order valence-corrected chi connectivity index (χ4v) is 2.18. The van der Waals surface area contributed by atoms with Gasteiger partial charge in [0.15, 0.2) is 15.6 Å². The second-order valence-corrected chi connectivity index (χ2v) is 6.17.